The van der Waals surface area contributed by atoms with E-state index in [1.54, 1.807) is 0 Å². The van der Waals surface area contributed by atoms with Crippen molar-refractivity contribution in [2.24, 2.45) is 0 Å². The molecule has 0 saturated carbocycles. The standard InChI is InChI=1S/C30H29NO6/c32-28(33)9-4-16-31-19-27(30(34)35)37-29-21(7-3-8-26(29)31)13-10-20-11-14-24(15-12-20)36-25-17-22-5-1-2-6-23(22)18-25/h1-3,5-8,10-15,25,27H,4,9,16-19H2,(H,32,33)(H,34,35)/b13-10+. The van der Waals surface area contributed by atoms with Crippen molar-refractivity contribution < 1.29 is 29.3 Å². The van der Waals surface area contributed by atoms with E-state index in [-0.39, 0.29) is 19.1 Å². The minimum absolute atomic E-state index is 0.0252. The monoisotopic (exact) mass is 499 g/mol. The number of aliphatic carboxylic acids is 2. The van der Waals surface area contributed by atoms with Gasteiger partial charge in [-0.25, -0.2) is 4.79 Å². The fourth-order valence-corrected chi connectivity index (χ4v) is 4.93. The van der Waals surface area contributed by atoms with E-state index in [4.69, 9.17) is 14.6 Å². The first kappa shape index (κ1) is 24.4. The van der Waals surface area contributed by atoms with Crippen molar-refractivity contribution in [1.82, 2.24) is 0 Å². The lowest BCUT2D eigenvalue weighted by molar-refractivity contribution is -0.145. The SMILES string of the molecule is O=C(O)CCCN1CC(C(=O)O)Oc2c(/C=C/c3ccc(OC4Cc5ccccc5C4)cc3)cccc21. The molecule has 0 saturated heterocycles. The molecule has 3 aromatic carbocycles. The Morgan fingerprint density at radius 3 is 2.35 bits per heavy atom. The highest BCUT2D eigenvalue weighted by atomic mass is 16.5. The number of para-hydroxylation sites is 1. The molecule has 37 heavy (non-hydrogen) atoms. The summed E-state index contributed by atoms with van der Waals surface area (Å²) in [6.07, 6.45) is 5.26. The van der Waals surface area contributed by atoms with Crippen molar-refractivity contribution in [3.8, 4) is 11.5 Å². The van der Waals surface area contributed by atoms with E-state index in [9.17, 15) is 14.7 Å². The number of anilines is 1. The number of rotatable bonds is 9. The van der Waals surface area contributed by atoms with Crippen LogP contribution in [0.15, 0.2) is 66.7 Å². The maximum absolute atomic E-state index is 11.7. The molecular formula is C30H29NO6. The summed E-state index contributed by atoms with van der Waals surface area (Å²) in [7, 11) is 0. The minimum atomic E-state index is -1.05. The van der Waals surface area contributed by atoms with E-state index in [1.165, 1.54) is 11.1 Å². The summed E-state index contributed by atoms with van der Waals surface area (Å²) in [5.74, 6) is -0.594. The molecule has 7 heteroatoms. The molecule has 1 atom stereocenters. The summed E-state index contributed by atoms with van der Waals surface area (Å²) in [6.45, 7) is 0.607. The molecule has 7 nitrogen and oxygen atoms in total. The van der Waals surface area contributed by atoms with Crippen LogP contribution in [0.4, 0.5) is 5.69 Å². The highest BCUT2D eigenvalue weighted by Gasteiger charge is 2.31. The van der Waals surface area contributed by atoms with Crippen LogP contribution in [0.2, 0.25) is 0 Å². The number of hydrogen-bond donors (Lipinski definition) is 2. The average molecular weight is 500 g/mol. The molecule has 5 rings (SSSR count). The van der Waals surface area contributed by atoms with Crippen molar-refractivity contribution in [2.45, 2.75) is 37.9 Å². The van der Waals surface area contributed by atoms with Gasteiger partial charge in [-0.05, 0) is 41.3 Å². The normalized spacial score (nSPS) is 16.8. The minimum Gasteiger partial charge on any atom is -0.490 e. The molecule has 1 heterocycles. The van der Waals surface area contributed by atoms with Crippen LogP contribution in [-0.2, 0) is 22.4 Å². The number of fused-ring (bicyclic) bond motifs is 2. The van der Waals surface area contributed by atoms with E-state index in [0.717, 1.165) is 35.4 Å². The Hall–Kier alpha value is -4.26. The molecule has 190 valence electrons. The summed E-state index contributed by atoms with van der Waals surface area (Å²) in [5, 5.41) is 18.6. The lowest BCUT2D eigenvalue weighted by Crippen LogP contribution is -2.45. The second kappa shape index (κ2) is 10.8. The molecule has 2 aliphatic rings. The maximum atomic E-state index is 11.7. The molecule has 0 amide bonds. The molecule has 2 N–H and O–H groups in total. The average Bonchev–Trinajstić information content (AvgIpc) is 3.30. The van der Waals surface area contributed by atoms with Crippen LogP contribution in [0.3, 0.4) is 0 Å². The number of carbonyl (C=O) groups is 2. The van der Waals surface area contributed by atoms with Gasteiger partial charge in [0, 0.05) is 31.4 Å². The van der Waals surface area contributed by atoms with Gasteiger partial charge < -0.3 is 24.6 Å². The predicted molar refractivity (Wildman–Crippen MR) is 141 cm³/mol. The number of hydrogen-bond acceptors (Lipinski definition) is 5. The second-order valence-electron chi connectivity index (χ2n) is 9.40. The van der Waals surface area contributed by atoms with Gasteiger partial charge in [0.15, 0.2) is 5.75 Å². The lowest BCUT2D eigenvalue weighted by atomic mass is 10.1. The summed E-state index contributed by atoms with van der Waals surface area (Å²) in [4.78, 5) is 24.6. The fourth-order valence-electron chi connectivity index (χ4n) is 4.93. The van der Waals surface area contributed by atoms with Gasteiger partial charge >= 0.3 is 11.9 Å². The van der Waals surface area contributed by atoms with E-state index >= 15 is 0 Å². The van der Waals surface area contributed by atoms with Crippen molar-refractivity contribution in [3.63, 3.8) is 0 Å². The van der Waals surface area contributed by atoms with Crippen molar-refractivity contribution >= 4 is 29.8 Å². The van der Waals surface area contributed by atoms with Crippen LogP contribution in [0.1, 0.15) is 35.1 Å². The first-order chi connectivity index (χ1) is 18.0. The van der Waals surface area contributed by atoms with Crippen LogP contribution in [0.5, 0.6) is 11.5 Å². The Bertz CT molecular complexity index is 1290. The van der Waals surface area contributed by atoms with Gasteiger partial charge in [0.05, 0.1) is 12.2 Å². The third-order valence-electron chi connectivity index (χ3n) is 6.76. The Kier molecular flexibility index (Phi) is 7.12. The van der Waals surface area contributed by atoms with E-state index < -0.39 is 18.0 Å². The Morgan fingerprint density at radius 1 is 0.946 bits per heavy atom. The van der Waals surface area contributed by atoms with Gasteiger partial charge in [-0.15, -0.1) is 0 Å². The van der Waals surface area contributed by atoms with Crippen LogP contribution >= 0.6 is 0 Å². The lowest BCUT2D eigenvalue weighted by Gasteiger charge is -2.35. The number of benzene rings is 3. The highest BCUT2D eigenvalue weighted by molar-refractivity contribution is 5.81. The number of ether oxygens (including phenoxy) is 2. The Balaban J connectivity index is 1.28. The van der Waals surface area contributed by atoms with Gasteiger partial charge in [0.25, 0.3) is 0 Å². The quantitative estimate of drug-likeness (QED) is 0.404. The molecule has 3 aromatic rings. The largest absolute Gasteiger partial charge is 0.490 e. The topological polar surface area (TPSA) is 96.3 Å². The van der Waals surface area contributed by atoms with Crippen LogP contribution < -0.4 is 14.4 Å². The van der Waals surface area contributed by atoms with Gasteiger partial charge in [0.2, 0.25) is 6.10 Å². The summed E-state index contributed by atoms with van der Waals surface area (Å²) in [6, 6.07) is 22.0. The van der Waals surface area contributed by atoms with Crippen molar-refractivity contribution in [3.05, 3.63) is 89.0 Å². The van der Waals surface area contributed by atoms with Crippen molar-refractivity contribution in [2.75, 3.05) is 18.0 Å². The molecule has 1 unspecified atom stereocenters. The zero-order valence-corrected chi connectivity index (χ0v) is 20.4. The third kappa shape index (κ3) is 5.77. The predicted octanol–water partition coefficient (Wildman–Crippen LogP) is 4.92. The highest BCUT2D eigenvalue weighted by Crippen LogP contribution is 2.38. The second-order valence-corrected chi connectivity index (χ2v) is 9.40. The van der Waals surface area contributed by atoms with Gasteiger partial charge in [-0.1, -0.05) is 60.7 Å². The molecule has 1 aliphatic carbocycles. The zero-order chi connectivity index (χ0) is 25.8. The van der Waals surface area contributed by atoms with Gasteiger partial charge in [0.1, 0.15) is 11.9 Å². The summed E-state index contributed by atoms with van der Waals surface area (Å²) >= 11 is 0. The Morgan fingerprint density at radius 2 is 1.68 bits per heavy atom. The van der Waals surface area contributed by atoms with Crippen LogP contribution in [0, 0.1) is 0 Å². The molecule has 0 radical (unpaired) electrons. The van der Waals surface area contributed by atoms with E-state index in [0.29, 0.717) is 18.7 Å². The molecule has 0 spiro atoms. The van der Waals surface area contributed by atoms with E-state index in [1.807, 2.05) is 59.5 Å². The fraction of sp³-hybridized carbons (Fsp3) is 0.267. The maximum Gasteiger partial charge on any atom is 0.346 e. The molecule has 0 bridgehead atoms. The van der Waals surface area contributed by atoms with Crippen molar-refractivity contribution in [1.29, 1.82) is 0 Å². The molecule has 0 fully saturated rings. The summed E-state index contributed by atoms with van der Waals surface area (Å²) in [5.41, 5.74) is 5.21. The third-order valence-corrected chi connectivity index (χ3v) is 6.76. The molecule has 0 aromatic heterocycles. The number of nitrogens with zero attached hydrogens (tertiary/aromatic N) is 1. The van der Waals surface area contributed by atoms with Crippen LogP contribution in [0.25, 0.3) is 12.2 Å². The van der Waals surface area contributed by atoms with Gasteiger partial charge in [-0.3, -0.25) is 4.79 Å². The summed E-state index contributed by atoms with van der Waals surface area (Å²) < 4.78 is 12.1. The first-order valence-corrected chi connectivity index (χ1v) is 12.5. The number of carboxylic acid groups (broad SMARTS) is 2. The molecule has 1 aliphatic heterocycles. The van der Waals surface area contributed by atoms with Gasteiger partial charge in [-0.2, -0.15) is 0 Å². The molecular weight excluding hydrogens is 470 g/mol. The zero-order valence-electron chi connectivity index (χ0n) is 20.4. The first-order valence-electron chi connectivity index (χ1n) is 12.5. The van der Waals surface area contributed by atoms with E-state index in [2.05, 4.69) is 24.3 Å². The smallest absolute Gasteiger partial charge is 0.346 e. The number of carboxylic acids is 2. The Labute approximate surface area is 215 Å². The van der Waals surface area contributed by atoms with Crippen LogP contribution in [-0.4, -0.2) is 47.4 Å².